The molecule has 6 nitrogen and oxygen atoms in total. The molecule has 4 rings (SSSR count). The molecule has 2 aliphatic heterocycles. The summed E-state index contributed by atoms with van der Waals surface area (Å²) >= 11 is 1.77. The van der Waals surface area contributed by atoms with E-state index in [-0.39, 0.29) is 6.09 Å². The third-order valence-electron chi connectivity index (χ3n) is 5.32. The molecule has 2 saturated heterocycles. The standard InChI is InChI=1S/C18H26N4O2S/c1-18(2,3)24-17(23)22-11-5-6-12(22)8-13(7-11)21(4)16-9-14-15(25-16)10-19-20-14/h9-13H,5-8H2,1-4H3,(H,19,20). The largest absolute Gasteiger partial charge is 0.444 e. The van der Waals surface area contributed by atoms with Crippen molar-refractivity contribution in [2.24, 2.45) is 0 Å². The van der Waals surface area contributed by atoms with Crippen LogP contribution in [0.3, 0.4) is 0 Å². The zero-order valence-electron chi connectivity index (χ0n) is 15.3. The van der Waals surface area contributed by atoms with E-state index in [9.17, 15) is 4.79 Å². The number of ether oxygens (including phenoxy) is 1. The van der Waals surface area contributed by atoms with E-state index in [0.29, 0.717) is 18.1 Å². The number of aromatic amines is 1. The Kier molecular flexibility index (Phi) is 3.94. The van der Waals surface area contributed by atoms with Crippen LogP contribution in [0.1, 0.15) is 46.5 Å². The lowest BCUT2D eigenvalue weighted by Crippen LogP contribution is -2.53. The van der Waals surface area contributed by atoms with Crippen LogP contribution < -0.4 is 4.90 Å². The number of piperidine rings is 1. The van der Waals surface area contributed by atoms with E-state index in [1.807, 2.05) is 31.9 Å². The molecule has 0 aromatic carbocycles. The van der Waals surface area contributed by atoms with Crippen molar-refractivity contribution in [2.75, 3.05) is 11.9 Å². The van der Waals surface area contributed by atoms with Crippen LogP contribution in [0.15, 0.2) is 12.3 Å². The Balaban J connectivity index is 1.47. The zero-order chi connectivity index (χ0) is 17.8. The number of thiophene rings is 1. The summed E-state index contributed by atoms with van der Waals surface area (Å²) in [5, 5.41) is 8.37. The molecule has 0 radical (unpaired) electrons. The Morgan fingerprint density at radius 2 is 2.04 bits per heavy atom. The first-order valence-corrected chi connectivity index (χ1v) is 9.80. The number of carbonyl (C=O) groups excluding carboxylic acids is 1. The SMILES string of the molecule is CN(c1cc2[nH]ncc2s1)C1CC2CCC(C1)N2C(=O)OC(C)(C)C. The van der Waals surface area contributed by atoms with Crippen molar-refractivity contribution in [2.45, 2.75) is 70.2 Å². The number of amides is 1. The lowest BCUT2D eigenvalue weighted by Gasteiger charge is -2.42. The van der Waals surface area contributed by atoms with Crippen LogP contribution in [-0.2, 0) is 4.74 Å². The third-order valence-corrected chi connectivity index (χ3v) is 6.48. The normalized spacial score (nSPS) is 26.2. The molecule has 0 aliphatic carbocycles. The van der Waals surface area contributed by atoms with Crippen LogP contribution in [0.5, 0.6) is 0 Å². The van der Waals surface area contributed by atoms with Crippen molar-refractivity contribution in [3.8, 4) is 0 Å². The predicted molar refractivity (Wildman–Crippen MR) is 100 cm³/mol. The number of hydrogen-bond donors (Lipinski definition) is 1. The number of fused-ring (bicyclic) bond motifs is 3. The van der Waals surface area contributed by atoms with Crippen molar-refractivity contribution in [1.82, 2.24) is 15.1 Å². The van der Waals surface area contributed by atoms with Crippen molar-refractivity contribution < 1.29 is 9.53 Å². The highest BCUT2D eigenvalue weighted by Gasteiger charge is 2.45. The molecule has 2 atom stereocenters. The van der Waals surface area contributed by atoms with Gasteiger partial charge < -0.3 is 14.5 Å². The lowest BCUT2D eigenvalue weighted by atomic mass is 9.96. The van der Waals surface area contributed by atoms with E-state index in [1.54, 1.807) is 11.3 Å². The molecule has 136 valence electrons. The number of H-pyrrole nitrogens is 1. The number of carbonyl (C=O) groups is 1. The molecule has 25 heavy (non-hydrogen) atoms. The Morgan fingerprint density at radius 3 is 2.64 bits per heavy atom. The summed E-state index contributed by atoms with van der Waals surface area (Å²) in [6.07, 6.45) is 5.93. The first-order valence-electron chi connectivity index (χ1n) is 8.99. The van der Waals surface area contributed by atoms with E-state index in [0.717, 1.165) is 31.2 Å². The van der Waals surface area contributed by atoms with Crippen LogP contribution in [0.4, 0.5) is 9.80 Å². The molecule has 2 aliphatic rings. The highest BCUT2D eigenvalue weighted by molar-refractivity contribution is 7.22. The van der Waals surface area contributed by atoms with Gasteiger partial charge >= 0.3 is 6.09 Å². The minimum Gasteiger partial charge on any atom is -0.444 e. The van der Waals surface area contributed by atoms with Crippen molar-refractivity contribution in [1.29, 1.82) is 0 Å². The van der Waals surface area contributed by atoms with Gasteiger partial charge in [0.1, 0.15) is 5.60 Å². The van der Waals surface area contributed by atoms with Gasteiger partial charge in [0.2, 0.25) is 0 Å². The summed E-state index contributed by atoms with van der Waals surface area (Å²) in [6, 6.07) is 3.24. The van der Waals surface area contributed by atoms with Gasteiger partial charge in [-0.3, -0.25) is 5.10 Å². The van der Waals surface area contributed by atoms with E-state index >= 15 is 0 Å². The number of nitrogens with one attached hydrogen (secondary N) is 1. The van der Waals surface area contributed by atoms with E-state index in [1.165, 1.54) is 9.70 Å². The van der Waals surface area contributed by atoms with Crippen LogP contribution >= 0.6 is 11.3 Å². The molecule has 2 fully saturated rings. The number of anilines is 1. The summed E-state index contributed by atoms with van der Waals surface area (Å²) in [6.45, 7) is 5.79. The van der Waals surface area contributed by atoms with Crippen LogP contribution in [0.2, 0.25) is 0 Å². The second-order valence-corrected chi connectivity index (χ2v) is 9.30. The zero-order valence-corrected chi connectivity index (χ0v) is 16.1. The Bertz CT molecular complexity index is 735. The average Bonchev–Trinajstić information content (AvgIpc) is 3.16. The average molecular weight is 362 g/mol. The maximum Gasteiger partial charge on any atom is 0.410 e. The topological polar surface area (TPSA) is 61.5 Å². The molecular formula is C18H26N4O2S. The number of nitrogens with zero attached hydrogens (tertiary/aromatic N) is 3. The van der Waals surface area contributed by atoms with Crippen molar-refractivity contribution in [3.05, 3.63) is 12.3 Å². The number of aromatic nitrogens is 2. The molecular weight excluding hydrogens is 336 g/mol. The Labute approximate surface area is 152 Å². The minimum absolute atomic E-state index is 0.142. The van der Waals surface area contributed by atoms with E-state index < -0.39 is 5.60 Å². The van der Waals surface area contributed by atoms with Gasteiger partial charge in [0.25, 0.3) is 0 Å². The van der Waals surface area contributed by atoms with Crippen LogP contribution in [0.25, 0.3) is 10.2 Å². The van der Waals surface area contributed by atoms with Crippen LogP contribution in [-0.4, -0.2) is 52.0 Å². The maximum absolute atomic E-state index is 12.6. The quantitative estimate of drug-likeness (QED) is 0.877. The van der Waals surface area contributed by atoms with Gasteiger partial charge in [0.15, 0.2) is 0 Å². The highest BCUT2D eigenvalue weighted by atomic mass is 32.1. The molecule has 1 N–H and O–H groups in total. The van der Waals surface area contributed by atoms with E-state index in [4.69, 9.17) is 4.74 Å². The molecule has 7 heteroatoms. The van der Waals surface area contributed by atoms with Gasteiger partial charge in [0, 0.05) is 25.2 Å². The first-order chi connectivity index (χ1) is 11.8. The molecule has 4 heterocycles. The second kappa shape index (κ2) is 5.90. The maximum atomic E-state index is 12.6. The third kappa shape index (κ3) is 3.10. The summed E-state index contributed by atoms with van der Waals surface area (Å²) in [5.41, 5.74) is 0.664. The molecule has 0 spiro atoms. The Morgan fingerprint density at radius 1 is 1.36 bits per heavy atom. The van der Waals surface area contributed by atoms with Crippen molar-refractivity contribution >= 4 is 32.6 Å². The predicted octanol–water partition coefficient (Wildman–Crippen LogP) is 3.99. The minimum atomic E-state index is -0.434. The fourth-order valence-electron chi connectivity index (χ4n) is 4.17. The number of rotatable bonds is 2. The lowest BCUT2D eigenvalue weighted by molar-refractivity contribution is 0.00601. The number of hydrogen-bond acceptors (Lipinski definition) is 5. The van der Waals surface area contributed by atoms with Gasteiger partial charge in [-0.25, -0.2) is 4.79 Å². The molecule has 2 bridgehead atoms. The fraction of sp³-hybridized carbons (Fsp3) is 0.667. The van der Waals surface area contributed by atoms with Crippen LogP contribution in [0, 0.1) is 0 Å². The second-order valence-electron chi connectivity index (χ2n) is 8.24. The summed E-state index contributed by atoms with van der Waals surface area (Å²) in [5.74, 6) is 0. The van der Waals surface area contributed by atoms with Gasteiger partial charge in [-0.05, 0) is 52.5 Å². The molecule has 1 amide bonds. The van der Waals surface area contributed by atoms with E-state index in [2.05, 4.69) is 28.2 Å². The summed E-state index contributed by atoms with van der Waals surface area (Å²) in [7, 11) is 2.17. The smallest absolute Gasteiger partial charge is 0.410 e. The summed E-state index contributed by atoms with van der Waals surface area (Å²) in [4.78, 5) is 17.0. The van der Waals surface area contributed by atoms with Gasteiger partial charge in [-0.15, -0.1) is 11.3 Å². The Hall–Kier alpha value is -1.76. The summed E-state index contributed by atoms with van der Waals surface area (Å²) < 4.78 is 6.82. The van der Waals surface area contributed by atoms with Gasteiger partial charge in [0.05, 0.1) is 21.4 Å². The fourth-order valence-corrected chi connectivity index (χ4v) is 5.18. The highest BCUT2D eigenvalue weighted by Crippen LogP contribution is 2.41. The molecule has 2 aromatic rings. The monoisotopic (exact) mass is 362 g/mol. The molecule has 2 unspecified atom stereocenters. The van der Waals surface area contributed by atoms with Gasteiger partial charge in [-0.2, -0.15) is 5.10 Å². The van der Waals surface area contributed by atoms with Gasteiger partial charge in [-0.1, -0.05) is 0 Å². The molecule has 2 aromatic heterocycles. The van der Waals surface area contributed by atoms with Crippen molar-refractivity contribution in [3.63, 3.8) is 0 Å². The molecule has 0 saturated carbocycles. The first kappa shape index (κ1) is 16.7.